The van der Waals surface area contributed by atoms with Crippen molar-refractivity contribution in [3.05, 3.63) is 11.1 Å². The topological polar surface area (TPSA) is 167 Å². The molecule has 0 N–H and O–H groups in total. The van der Waals surface area contributed by atoms with E-state index >= 15 is 0 Å². The molecule has 1 aliphatic heterocycles. The summed E-state index contributed by atoms with van der Waals surface area (Å²) >= 11 is 0. The standard InChI is InChI=1S/C26H36O13/c1-12-9-18(34-14(3)28)10-26(7,8)20(12)24(32)39-25-23(37-17(6)31)22(36-16(5)30)21(35-15(4)29)19(38-25)11-33-13(2)27/h18-19,21-23,25H,9-11H2,1-8H3. The first-order valence-corrected chi connectivity index (χ1v) is 12.4. The van der Waals surface area contributed by atoms with Gasteiger partial charge in [-0.05, 0) is 13.3 Å². The van der Waals surface area contributed by atoms with E-state index in [1.165, 1.54) is 6.92 Å². The van der Waals surface area contributed by atoms with E-state index in [0.717, 1.165) is 27.7 Å². The molecule has 0 saturated carbocycles. The van der Waals surface area contributed by atoms with Crippen molar-refractivity contribution < 1.29 is 61.9 Å². The van der Waals surface area contributed by atoms with Crippen LogP contribution in [0.25, 0.3) is 0 Å². The van der Waals surface area contributed by atoms with Gasteiger partial charge in [0.25, 0.3) is 0 Å². The largest absolute Gasteiger partial charge is 0.463 e. The minimum absolute atomic E-state index is 0.298. The van der Waals surface area contributed by atoms with E-state index < -0.39 is 84.6 Å². The molecular formula is C26H36O13. The van der Waals surface area contributed by atoms with E-state index in [2.05, 4.69) is 0 Å². The van der Waals surface area contributed by atoms with E-state index in [9.17, 15) is 28.8 Å². The minimum Gasteiger partial charge on any atom is -0.463 e. The molecule has 0 aromatic carbocycles. The van der Waals surface area contributed by atoms with Gasteiger partial charge in [-0.15, -0.1) is 0 Å². The molecule has 218 valence electrons. The van der Waals surface area contributed by atoms with Crippen LogP contribution >= 0.6 is 0 Å². The van der Waals surface area contributed by atoms with Gasteiger partial charge in [0.1, 0.15) is 18.8 Å². The van der Waals surface area contributed by atoms with Crippen LogP contribution in [-0.2, 0) is 61.9 Å². The molecule has 0 amide bonds. The number of hydrogen-bond donors (Lipinski definition) is 0. The molecule has 1 aliphatic carbocycles. The molecule has 0 aromatic rings. The predicted molar refractivity (Wildman–Crippen MR) is 129 cm³/mol. The number of esters is 6. The lowest BCUT2D eigenvalue weighted by molar-refractivity contribution is -0.300. The summed E-state index contributed by atoms with van der Waals surface area (Å²) < 4.78 is 37.9. The summed E-state index contributed by atoms with van der Waals surface area (Å²) in [5.74, 6) is -4.33. The van der Waals surface area contributed by atoms with E-state index in [0.29, 0.717) is 24.0 Å². The van der Waals surface area contributed by atoms with Gasteiger partial charge in [-0.1, -0.05) is 19.4 Å². The van der Waals surface area contributed by atoms with E-state index in [1.54, 1.807) is 20.8 Å². The zero-order valence-electron chi connectivity index (χ0n) is 23.4. The molecule has 2 aliphatic rings. The summed E-state index contributed by atoms with van der Waals surface area (Å²) in [6.07, 6.45) is -7.06. The fourth-order valence-electron chi connectivity index (χ4n) is 4.98. The van der Waals surface area contributed by atoms with Crippen molar-refractivity contribution in [3.63, 3.8) is 0 Å². The highest BCUT2D eigenvalue weighted by molar-refractivity contribution is 5.91. The van der Waals surface area contributed by atoms with Gasteiger partial charge in [0.2, 0.25) is 12.4 Å². The Hall–Kier alpha value is -3.48. The molecule has 13 heteroatoms. The van der Waals surface area contributed by atoms with Gasteiger partial charge >= 0.3 is 35.8 Å². The van der Waals surface area contributed by atoms with Gasteiger partial charge in [-0.3, -0.25) is 24.0 Å². The van der Waals surface area contributed by atoms with Gasteiger partial charge in [0.05, 0.1) is 0 Å². The molecule has 0 radical (unpaired) electrons. The summed E-state index contributed by atoms with van der Waals surface area (Å²) in [6.45, 7) is 10.6. The maximum atomic E-state index is 13.5. The van der Waals surface area contributed by atoms with Crippen LogP contribution in [0.4, 0.5) is 0 Å². The zero-order chi connectivity index (χ0) is 29.7. The van der Waals surface area contributed by atoms with Crippen molar-refractivity contribution in [1.29, 1.82) is 0 Å². The summed E-state index contributed by atoms with van der Waals surface area (Å²) in [5.41, 5.74) is 0.143. The van der Waals surface area contributed by atoms with Crippen molar-refractivity contribution >= 4 is 35.8 Å². The molecular weight excluding hydrogens is 520 g/mol. The molecule has 6 unspecified atom stereocenters. The van der Waals surface area contributed by atoms with Crippen molar-refractivity contribution in [3.8, 4) is 0 Å². The quantitative estimate of drug-likeness (QED) is 0.313. The van der Waals surface area contributed by atoms with Gasteiger partial charge in [0.15, 0.2) is 12.2 Å². The van der Waals surface area contributed by atoms with Gasteiger partial charge in [-0.2, -0.15) is 0 Å². The zero-order valence-corrected chi connectivity index (χ0v) is 23.4. The molecule has 1 heterocycles. The van der Waals surface area contributed by atoms with Crippen molar-refractivity contribution in [2.24, 2.45) is 5.41 Å². The predicted octanol–water partition coefficient (Wildman–Crippen LogP) is 1.68. The SMILES string of the molecule is CC(=O)OCC1OC(OC(=O)C2=C(C)CC(OC(C)=O)CC2(C)C)C(OC(C)=O)C(OC(C)=O)C1OC(C)=O. The summed E-state index contributed by atoms with van der Waals surface area (Å²) in [7, 11) is 0. The second-order valence-corrected chi connectivity index (χ2v) is 10.2. The highest BCUT2D eigenvalue weighted by Gasteiger charge is 2.54. The average Bonchev–Trinajstić information content (AvgIpc) is 2.73. The molecule has 13 nitrogen and oxygen atoms in total. The molecule has 1 fully saturated rings. The third-order valence-corrected chi connectivity index (χ3v) is 6.08. The van der Waals surface area contributed by atoms with Crippen molar-refractivity contribution in [2.45, 2.75) is 105 Å². The Bertz CT molecular complexity index is 1030. The lowest BCUT2D eigenvalue weighted by Gasteiger charge is -2.44. The Morgan fingerprint density at radius 1 is 0.744 bits per heavy atom. The van der Waals surface area contributed by atoms with Crippen molar-refractivity contribution in [2.75, 3.05) is 6.61 Å². The monoisotopic (exact) mass is 556 g/mol. The van der Waals surface area contributed by atoms with E-state index in [1.807, 2.05) is 0 Å². The van der Waals surface area contributed by atoms with Crippen LogP contribution in [-0.4, -0.2) is 79.2 Å². The van der Waals surface area contributed by atoms with Crippen LogP contribution in [0.3, 0.4) is 0 Å². The maximum absolute atomic E-state index is 13.5. The second kappa shape index (κ2) is 13.0. The number of carbonyl (C=O) groups excluding carboxylic acids is 6. The van der Waals surface area contributed by atoms with E-state index in [4.69, 9.17) is 33.2 Å². The third-order valence-electron chi connectivity index (χ3n) is 6.08. The summed E-state index contributed by atoms with van der Waals surface area (Å²) in [6, 6.07) is 0. The van der Waals surface area contributed by atoms with Crippen LogP contribution in [0.5, 0.6) is 0 Å². The van der Waals surface area contributed by atoms with E-state index in [-0.39, 0.29) is 0 Å². The van der Waals surface area contributed by atoms with Crippen molar-refractivity contribution in [1.82, 2.24) is 0 Å². The number of hydrogen-bond acceptors (Lipinski definition) is 13. The van der Waals surface area contributed by atoms with Crippen LogP contribution in [0.2, 0.25) is 0 Å². The fourth-order valence-corrected chi connectivity index (χ4v) is 4.98. The molecule has 0 aromatic heterocycles. The van der Waals surface area contributed by atoms with Crippen LogP contribution in [0.1, 0.15) is 68.2 Å². The molecule has 6 atom stereocenters. The van der Waals surface area contributed by atoms with Gasteiger partial charge < -0.3 is 33.2 Å². The first-order chi connectivity index (χ1) is 18.0. The Morgan fingerprint density at radius 2 is 1.26 bits per heavy atom. The Labute approximate surface area is 226 Å². The van der Waals surface area contributed by atoms with Gasteiger partial charge in [-0.25, -0.2) is 4.79 Å². The molecule has 0 bridgehead atoms. The number of carbonyl (C=O) groups is 6. The Kier molecular flexibility index (Phi) is 10.6. The lowest BCUT2D eigenvalue weighted by Crippen LogP contribution is -2.63. The lowest BCUT2D eigenvalue weighted by atomic mass is 9.71. The summed E-state index contributed by atoms with van der Waals surface area (Å²) in [4.78, 5) is 72.3. The summed E-state index contributed by atoms with van der Waals surface area (Å²) in [5, 5.41) is 0. The normalized spacial score (nSPS) is 28.0. The number of ether oxygens (including phenoxy) is 7. The molecule has 2 rings (SSSR count). The number of rotatable bonds is 8. The average molecular weight is 557 g/mol. The maximum Gasteiger partial charge on any atom is 0.336 e. The second-order valence-electron chi connectivity index (χ2n) is 10.2. The van der Waals surface area contributed by atoms with Crippen LogP contribution < -0.4 is 0 Å². The van der Waals surface area contributed by atoms with Crippen LogP contribution in [0.15, 0.2) is 11.1 Å². The highest BCUT2D eigenvalue weighted by atomic mass is 16.7. The Morgan fingerprint density at radius 3 is 1.74 bits per heavy atom. The smallest absolute Gasteiger partial charge is 0.336 e. The molecule has 0 spiro atoms. The molecule has 1 saturated heterocycles. The molecule has 39 heavy (non-hydrogen) atoms. The third kappa shape index (κ3) is 8.77. The van der Waals surface area contributed by atoms with Crippen LogP contribution in [0, 0.1) is 5.41 Å². The Balaban J connectivity index is 2.48. The highest BCUT2D eigenvalue weighted by Crippen LogP contribution is 2.42. The minimum atomic E-state index is -1.64. The van der Waals surface area contributed by atoms with Gasteiger partial charge in [0, 0.05) is 52.0 Å². The first-order valence-electron chi connectivity index (χ1n) is 12.4. The first kappa shape index (κ1) is 31.7. The fraction of sp³-hybridized carbons (Fsp3) is 0.692.